The van der Waals surface area contributed by atoms with Crippen LogP contribution in [-0.2, 0) is 4.79 Å². The first-order chi connectivity index (χ1) is 14.0. The lowest BCUT2D eigenvalue weighted by Gasteiger charge is -2.42. The molecule has 29 heavy (non-hydrogen) atoms. The van der Waals surface area contributed by atoms with E-state index < -0.39 is 6.23 Å². The van der Waals surface area contributed by atoms with Gasteiger partial charge in [0.05, 0.1) is 17.4 Å². The Hall–Kier alpha value is -2.64. The Morgan fingerprint density at radius 1 is 1.21 bits per heavy atom. The average Bonchev–Trinajstić information content (AvgIpc) is 2.72. The molecule has 0 spiro atoms. The maximum atomic E-state index is 12.3. The number of carbonyl (C=O) groups excluding carboxylic acids is 1. The van der Waals surface area contributed by atoms with Gasteiger partial charge in [-0.25, -0.2) is 4.98 Å². The molecule has 3 N–H and O–H groups in total. The summed E-state index contributed by atoms with van der Waals surface area (Å²) in [7, 11) is 0. The molecule has 7 nitrogen and oxygen atoms in total. The number of nitrogens with zero attached hydrogens (tertiary/aromatic N) is 3. The van der Waals surface area contributed by atoms with E-state index in [0.717, 1.165) is 36.8 Å². The molecule has 0 bridgehead atoms. The van der Waals surface area contributed by atoms with E-state index in [-0.39, 0.29) is 17.9 Å². The Balaban J connectivity index is 1.76. The van der Waals surface area contributed by atoms with Gasteiger partial charge in [-0.3, -0.25) is 9.69 Å². The van der Waals surface area contributed by atoms with Crippen LogP contribution < -0.4 is 20.4 Å². The highest BCUT2D eigenvalue weighted by molar-refractivity contribution is 5.93. The van der Waals surface area contributed by atoms with Crippen molar-refractivity contribution in [3.8, 4) is 0 Å². The SMILES string of the molecule is CC(=O)N1c2ccc(N3CCNC(C)C3)nc2[C@H](Nc2ccccc2)[C@@H](C)[C@@H]1O. The molecule has 154 valence electrons. The number of pyridine rings is 1. The minimum Gasteiger partial charge on any atom is -0.376 e. The van der Waals surface area contributed by atoms with Crippen LogP contribution in [0.25, 0.3) is 0 Å². The lowest BCUT2D eigenvalue weighted by molar-refractivity contribution is -0.119. The minimum absolute atomic E-state index is 0.186. The zero-order valence-electron chi connectivity index (χ0n) is 17.2. The van der Waals surface area contributed by atoms with Gasteiger partial charge in [-0.05, 0) is 31.2 Å². The van der Waals surface area contributed by atoms with Crippen LogP contribution in [0.3, 0.4) is 0 Å². The van der Waals surface area contributed by atoms with Gasteiger partial charge in [-0.15, -0.1) is 0 Å². The standard InChI is InChI=1S/C22H29N5O2/c1-14-13-26(12-11-23-14)19-10-9-18-21(25-19)20(24-17-7-5-4-6-8-17)15(2)22(29)27(18)16(3)28/h4-10,14-15,20,22-24,29H,11-13H2,1-3H3/t14?,15-,20-,22+/m1/s1. The van der Waals surface area contributed by atoms with E-state index in [2.05, 4.69) is 22.5 Å². The normalized spacial score (nSPS) is 26.8. The van der Waals surface area contributed by atoms with E-state index in [1.807, 2.05) is 49.4 Å². The number of aliphatic hydroxyl groups excluding tert-OH is 1. The lowest BCUT2D eigenvalue weighted by atomic mass is 9.89. The number of nitrogens with one attached hydrogen (secondary N) is 2. The quantitative estimate of drug-likeness (QED) is 0.740. The number of anilines is 3. The van der Waals surface area contributed by atoms with Crippen LogP contribution in [0.1, 0.15) is 32.5 Å². The maximum absolute atomic E-state index is 12.3. The van der Waals surface area contributed by atoms with Crippen molar-refractivity contribution in [1.82, 2.24) is 10.3 Å². The molecule has 0 radical (unpaired) electrons. The third-order valence-corrected chi connectivity index (χ3v) is 5.83. The van der Waals surface area contributed by atoms with Gasteiger partial charge in [0.2, 0.25) is 5.91 Å². The number of aromatic nitrogens is 1. The topological polar surface area (TPSA) is 80.7 Å². The second-order valence-electron chi connectivity index (χ2n) is 8.02. The Bertz CT molecular complexity index is 875. The Kier molecular flexibility index (Phi) is 5.43. The molecule has 4 rings (SSSR count). The third kappa shape index (κ3) is 3.80. The number of benzene rings is 1. The van der Waals surface area contributed by atoms with Crippen molar-refractivity contribution in [1.29, 1.82) is 0 Å². The molecule has 1 saturated heterocycles. The third-order valence-electron chi connectivity index (χ3n) is 5.83. The number of piperazine rings is 1. The summed E-state index contributed by atoms with van der Waals surface area (Å²) >= 11 is 0. The van der Waals surface area contributed by atoms with Crippen LogP contribution in [0.2, 0.25) is 0 Å². The Labute approximate surface area is 171 Å². The number of hydrogen-bond acceptors (Lipinski definition) is 6. The number of fused-ring (bicyclic) bond motifs is 1. The molecule has 0 aliphatic carbocycles. The number of rotatable bonds is 3. The van der Waals surface area contributed by atoms with Gasteiger partial charge < -0.3 is 20.6 Å². The molecule has 1 unspecified atom stereocenters. The van der Waals surface area contributed by atoms with Crippen molar-refractivity contribution in [2.75, 3.05) is 34.8 Å². The van der Waals surface area contributed by atoms with E-state index in [0.29, 0.717) is 11.7 Å². The molecule has 1 fully saturated rings. The van der Waals surface area contributed by atoms with Crippen molar-refractivity contribution in [2.45, 2.75) is 39.1 Å². The van der Waals surface area contributed by atoms with Gasteiger partial charge in [-0.1, -0.05) is 25.1 Å². The fraction of sp³-hybridized carbons (Fsp3) is 0.455. The van der Waals surface area contributed by atoms with E-state index in [1.165, 1.54) is 11.8 Å². The van der Waals surface area contributed by atoms with Crippen molar-refractivity contribution >= 4 is 23.1 Å². The summed E-state index contributed by atoms with van der Waals surface area (Å²) in [4.78, 5) is 21.0. The van der Waals surface area contributed by atoms with Gasteiger partial charge in [0.25, 0.3) is 0 Å². The predicted octanol–water partition coefficient (Wildman–Crippen LogP) is 2.35. The van der Waals surface area contributed by atoms with Gasteiger partial charge >= 0.3 is 0 Å². The Morgan fingerprint density at radius 2 is 1.97 bits per heavy atom. The smallest absolute Gasteiger partial charge is 0.226 e. The van der Waals surface area contributed by atoms with Gasteiger partial charge in [-0.2, -0.15) is 0 Å². The second kappa shape index (κ2) is 8.00. The summed E-state index contributed by atoms with van der Waals surface area (Å²) in [5.41, 5.74) is 2.43. The number of hydrogen-bond donors (Lipinski definition) is 3. The maximum Gasteiger partial charge on any atom is 0.226 e. The predicted molar refractivity (Wildman–Crippen MR) is 115 cm³/mol. The molecule has 1 aromatic heterocycles. The highest BCUT2D eigenvalue weighted by Crippen LogP contribution is 2.41. The number of aliphatic hydroxyl groups is 1. The fourth-order valence-electron chi connectivity index (χ4n) is 4.27. The molecule has 1 amide bonds. The van der Waals surface area contributed by atoms with Crippen LogP contribution in [0.4, 0.5) is 17.2 Å². The monoisotopic (exact) mass is 395 g/mol. The molecular formula is C22H29N5O2. The lowest BCUT2D eigenvalue weighted by Crippen LogP contribution is -2.51. The minimum atomic E-state index is -0.909. The molecular weight excluding hydrogens is 366 g/mol. The summed E-state index contributed by atoms with van der Waals surface area (Å²) in [5.74, 6) is 0.495. The van der Waals surface area contributed by atoms with E-state index in [4.69, 9.17) is 4.98 Å². The molecule has 3 heterocycles. The first kappa shape index (κ1) is 19.7. The van der Waals surface area contributed by atoms with Crippen LogP contribution >= 0.6 is 0 Å². The van der Waals surface area contributed by atoms with Crippen molar-refractivity contribution in [3.63, 3.8) is 0 Å². The molecule has 0 saturated carbocycles. The van der Waals surface area contributed by atoms with E-state index in [1.54, 1.807) is 0 Å². The summed E-state index contributed by atoms with van der Waals surface area (Å²) in [5, 5.41) is 17.9. The molecule has 2 aliphatic rings. The highest BCUT2D eigenvalue weighted by Gasteiger charge is 2.41. The van der Waals surface area contributed by atoms with Crippen molar-refractivity contribution in [3.05, 3.63) is 48.2 Å². The largest absolute Gasteiger partial charge is 0.376 e. The van der Waals surface area contributed by atoms with Gasteiger partial charge in [0, 0.05) is 44.2 Å². The highest BCUT2D eigenvalue weighted by atomic mass is 16.3. The van der Waals surface area contributed by atoms with Crippen molar-refractivity contribution in [2.24, 2.45) is 5.92 Å². The summed E-state index contributed by atoms with van der Waals surface area (Å²) in [6, 6.07) is 14.0. The fourth-order valence-corrected chi connectivity index (χ4v) is 4.27. The first-order valence-corrected chi connectivity index (χ1v) is 10.2. The van der Waals surface area contributed by atoms with E-state index >= 15 is 0 Å². The average molecular weight is 396 g/mol. The number of carbonyl (C=O) groups is 1. The number of amides is 1. The zero-order valence-corrected chi connectivity index (χ0v) is 17.2. The van der Waals surface area contributed by atoms with Crippen LogP contribution in [-0.4, -0.2) is 47.9 Å². The van der Waals surface area contributed by atoms with Gasteiger partial charge in [0.1, 0.15) is 12.0 Å². The second-order valence-corrected chi connectivity index (χ2v) is 8.02. The Morgan fingerprint density at radius 3 is 2.66 bits per heavy atom. The zero-order chi connectivity index (χ0) is 20.5. The van der Waals surface area contributed by atoms with Crippen LogP contribution in [0.15, 0.2) is 42.5 Å². The summed E-state index contributed by atoms with van der Waals surface area (Å²) in [6.07, 6.45) is -0.909. The molecule has 2 aliphatic heterocycles. The van der Waals surface area contributed by atoms with Crippen LogP contribution in [0, 0.1) is 5.92 Å². The molecule has 1 aromatic carbocycles. The first-order valence-electron chi connectivity index (χ1n) is 10.2. The summed E-state index contributed by atoms with van der Waals surface area (Å²) in [6.45, 7) is 8.29. The number of para-hydroxylation sites is 1. The van der Waals surface area contributed by atoms with Gasteiger partial charge in [0.15, 0.2) is 0 Å². The molecule has 4 atom stereocenters. The van der Waals surface area contributed by atoms with Crippen molar-refractivity contribution < 1.29 is 9.90 Å². The molecule has 2 aromatic rings. The van der Waals surface area contributed by atoms with Crippen LogP contribution in [0.5, 0.6) is 0 Å². The van der Waals surface area contributed by atoms with E-state index in [9.17, 15) is 9.90 Å². The molecule has 7 heteroatoms. The summed E-state index contributed by atoms with van der Waals surface area (Å²) < 4.78 is 0.